The van der Waals surface area contributed by atoms with Crippen LogP contribution in [0.2, 0.25) is 0 Å². The molecule has 0 bridgehead atoms. The smallest absolute Gasteiger partial charge is 0.338 e. The largest absolute Gasteiger partial charge is 0.478 e. The first-order chi connectivity index (χ1) is 8.74. The van der Waals surface area contributed by atoms with Crippen molar-refractivity contribution < 1.29 is 9.90 Å². The van der Waals surface area contributed by atoms with Gasteiger partial charge in [0.05, 0.1) is 5.56 Å². The van der Waals surface area contributed by atoms with Crippen molar-refractivity contribution in [3.8, 4) is 0 Å². The molecule has 0 spiro atoms. The molecular formula is C12H8N4O2. The molecular weight excluding hydrogens is 232 g/mol. The van der Waals surface area contributed by atoms with Gasteiger partial charge in [-0.25, -0.2) is 4.79 Å². The minimum Gasteiger partial charge on any atom is -0.478 e. The molecule has 18 heavy (non-hydrogen) atoms. The van der Waals surface area contributed by atoms with E-state index in [1.54, 1.807) is 12.1 Å². The second-order valence-corrected chi connectivity index (χ2v) is 3.80. The van der Waals surface area contributed by atoms with Gasteiger partial charge in [0, 0.05) is 17.2 Å². The summed E-state index contributed by atoms with van der Waals surface area (Å²) in [5, 5.41) is 28.5. The maximum Gasteiger partial charge on any atom is 0.338 e. The van der Waals surface area contributed by atoms with Crippen molar-refractivity contribution in [1.29, 1.82) is 5.41 Å². The summed E-state index contributed by atoms with van der Waals surface area (Å²) in [7, 11) is 0. The van der Waals surface area contributed by atoms with Crippen LogP contribution in [0.25, 0.3) is 21.8 Å². The van der Waals surface area contributed by atoms with Crippen molar-refractivity contribution in [3.63, 3.8) is 0 Å². The summed E-state index contributed by atoms with van der Waals surface area (Å²) in [5.74, 6) is -1.11. The Morgan fingerprint density at radius 3 is 2.56 bits per heavy atom. The van der Waals surface area contributed by atoms with Crippen LogP contribution in [-0.2, 0) is 0 Å². The Morgan fingerprint density at radius 1 is 1.22 bits per heavy atom. The zero-order chi connectivity index (χ0) is 12.7. The molecule has 0 unspecified atom stereocenters. The van der Waals surface area contributed by atoms with Gasteiger partial charge in [-0.15, -0.1) is 0 Å². The average Bonchev–Trinajstić information content (AvgIpc) is 2.85. The molecule has 1 heterocycles. The maximum absolute atomic E-state index is 11.4. The Kier molecular flexibility index (Phi) is 2.09. The van der Waals surface area contributed by atoms with E-state index in [1.165, 1.54) is 0 Å². The normalized spacial score (nSPS) is 10.9. The lowest BCUT2D eigenvalue weighted by Crippen LogP contribution is -2.04. The summed E-state index contributed by atoms with van der Waals surface area (Å²) in [5.41, 5.74) is 1.14. The molecule has 0 aliphatic heterocycles. The van der Waals surface area contributed by atoms with Crippen molar-refractivity contribution in [1.82, 2.24) is 15.4 Å². The van der Waals surface area contributed by atoms with Crippen LogP contribution in [0.3, 0.4) is 0 Å². The summed E-state index contributed by atoms with van der Waals surface area (Å²) in [6.07, 6.45) is 1.04. The van der Waals surface area contributed by atoms with Gasteiger partial charge in [0.15, 0.2) is 0 Å². The molecule has 0 aliphatic rings. The molecule has 3 aromatic rings. The van der Waals surface area contributed by atoms with E-state index in [9.17, 15) is 9.90 Å². The van der Waals surface area contributed by atoms with E-state index in [0.717, 1.165) is 11.6 Å². The molecule has 0 amide bonds. The number of carboxylic acids is 1. The Morgan fingerprint density at radius 2 is 1.89 bits per heavy atom. The van der Waals surface area contributed by atoms with E-state index in [4.69, 9.17) is 5.41 Å². The molecule has 1 aromatic heterocycles. The van der Waals surface area contributed by atoms with Crippen molar-refractivity contribution in [2.45, 2.75) is 0 Å². The van der Waals surface area contributed by atoms with E-state index in [-0.39, 0.29) is 11.1 Å². The number of carboxylic acid groups (broad SMARTS) is 1. The lowest BCUT2D eigenvalue weighted by atomic mass is 9.97. The predicted octanol–water partition coefficient (Wildman–Crippen LogP) is 1.81. The number of nitrogens with one attached hydrogen (secondary N) is 2. The van der Waals surface area contributed by atoms with Crippen LogP contribution in [0.4, 0.5) is 0 Å². The van der Waals surface area contributed by atoms with E-state index in [1.807, 2.05) is 12.1 Å². The van der Waals surface area contributed by atoms with Crippen molar-refractivity contribution in [2.24, 2.45) is 0 Å². The maximum atomic E-state index is 11.4. The number of fused-ring (bicyclic) bond motifs is 3. The number of aromatic amines is 1. The lowest BCUT2D eigenvalue weighted by molar-refractivity contribution is 0.0699. The van der Waals surface area contributed by atoms with Gasteiger partial charge in [-0.1, -0.05) is 24.3 Å². The van der Waals surface area contributed by atoms with Gasteiger partial charge in [0.25, 0.3) is 0 Å². The molecule has 0 fully saturated rings. The number of hydrogen-bond donors (Lipinski definition) is 3. The summed E-state index contributed by atoms with van der Waals surface area (Å²) >= 11 is 0. The highest BCUT2D eigenvalue weighted by Crippen LogP contribution is 2.29. The molecule has 6 heteroatoms. The molecule has 0 atom stereocenters. The number of hydrogen-bond acceptors (Lipinski definition) is 4. The first-order valence-electron chi connectivity index (χ1n) is 5.23. The number of aromatic nitrogens is 3. The molecule has 0 saturated heterocycles. The van der Waals surface area contributed by atoms with Crippen molar-refractivity contribution in [3.05, 3.63) is 35.4 Å². The van der Waals surface area contributed by atoms with Gasteiger partial charge >= 0.3 is 5.97 Å². The number of H-pyrrole nitrogens is 1. The third-order valence-electron chi connectivity index (χ3n) is 2.88. The highest BCUT2D eigenvalue weighted by molar-refractivity contribution is 6.20. The number of rotatable bonds is 2. The van der Waals surface area contributed by atoms with Crippen molar-refractivity contribution in [2.75, 3.05) is 0 Å². The molecule has 2 aromatic carbocycles. The van der Waals surface area contributed by atoms with E-state index < -0.39 is 5.97 Å². The van der Waals surface area contributed by atoms with Crippen LogP contribution < -0.4 is 0 Å². The quantitative estimate of drug-likeness (QED) is 0.594. The van der Waals surface area contributed by atoms with Gasteiger partial charge in [-0.3, -0.25) is 0 Å². The van der Waals surface area contributed by atoms with Crippen LogP contribution in [0.5, 0.6) is 0 Å². The van der Waals surface area contributed by atoms with E-state index >= 15 is 0 Å². The number of carbonyl (C=O) groups is 1. The lowest BCUT2D eigenvalue weighted by Gasteiger charge is -2.06. The summed E-state index contributed by atoms with van der Waals surface area (Å²) in [6.45, 7) is 0. The Balaban J connectivity index is 2.67. The van der Waals surface area contributed by atoms with Gasteiger partial charge in [-0.05, 0) is 5.39 Å². The van der Waals surface area contributed by atoms with Gasteiger partial charge in [0.2, 0.25) is 0 Å². The first-order valence-corrected chi connectivity index (χ1v) is 5.23. The van der Waals surface area contributed by atoms with Crippen LogP contribution in [0.15, 0.2) is 24.3 Å². The van der Waals surface area contributed by atoms with Crippen molar-refractivity contribution >= 4 is 34.0 Å². The molecule has 0 radical (unpaired) electrons. The van der Waals surface area contributed by atoms with Gasteiger partial charge in [-0.2, -0.15) is 15.4 Å². The fraction of sp³-hybridized carbons (Fsp3) is 0. The van der Waals surface area contributed by atoms with Crippen LogP contribution in [0.1, 0.15) is 15.9 Å². The SMILES string of the molecule is N=Cc1c(C(=O)O)c2n[nH]nc2c2ccccc12. The zero-order valence-electron chi connectivity index (χ0n) is 9.14. The zero-order valence-corrected chi connectivity index (χ0v) is 9.14. The predicted molar refractivity (Wildman–Crippen MR) is 66.2 cm³/mol. The fourth-order valence-corrected chi connectivity index (χ4v) is 2.15. The second-order valence-electron chi connectivity index (χ2n) is 3.80. The van der Waals surface area contributed by atoms with E-state index in [0.29, 0.717) is 16.5 Å². The minimum absolute atomic E-state index is 0.00690. The summed E-state index contributed by atoms with van der Waals surface area (Å²) in [6, 6.07) is 7.24. The monoisotopic (exact) mass is 240 g/mol. The van der Waals surface area contributed by atoms with Crippen LogP contribution in [0, 0.1) is 5.41 Å². The minimum atomic E-state index is -1.11. The van der Waals surface area contributed by atoms with Crippen LogP contribution >= 0.6 is 0 Å². The Hall–Kier alpha value is -2.76. The van der Waals surface area contributed by atoms with Gasteiger partial charge in [0.1, 0.15) is 11.0 Å². The first kappa shape index (κ1) is 10.4. The average molecular weight is 240 g/mol. The Bertz CT molecular complexity index is 791. The standard InChI is InChI=1S/C12H8N4O2/c13-5-8-6-3-1-2-4-7(6)10-11(15-16-14-10)9(8)12(17)18/h1-5,13H,(H,17,18)(H,14,15,16). The third kappa shape index (κ3) is 1.22. The topological polar surface area (TPSA) is 103 Å². The second kappa shape index (κ2) is 3.63. The molecule has 6 nitrogen and oxygen atoms in total. The molecule has 3 N–H and O–H groups in total. The number of nitrogens with zero attached hydrogens (tertiary/aromatic N) is 2. The third-order valence-corrected chi connectivity index (χ3v) is 2.88. The van der Waals surface area contributed by atoms with Crippen LogP contribution in [-0.4, -0.2) is 32.7 Å². The number of aromatic carboxylic acids is 1. The number of benzene rings is 2. The van der Waals surface area contributed by atoms with E-state index in [2.05, 4.69) is 15.4 Å². The molecule has 0 saturated carbocycles. The van der Waals surface area contributed by atoms with Gasteiger partial charge < -0.3 is 10.5 Å². The molecule has 3 rings (SSSR count). The summed E-state index contributed by atoms with van der Waals surface area (Å²) < 4.78 is 0. The molecule has 0 aliphatic carbocycles. The highest BCUT2D eigenvalue weighted by atomic mass is 16.4. The molecule has 88 valence electrons. The Labute approximate surface area is 101 Å². The fourth-order valence-electron chi connectivity index (χ4n) is 2.15. The highest BCUT2D eigenvalue weighted by Gasteiger charge is 2.20. The summed E-state index contributed by atoms with van der Waals surface area (Å²) in [4.78, 5) is 11.4.